The number of nitrogens with zero attached hydrogens (tertiary/aromatic N) is 3. The Morgan fingerprint density at radius 2 is 1.69 bits per heavy atom. The Bertz CT molecular complexity index is 836. The molecule has 0 radical (unpaired) electrons. The molecule has 7 nitrogen and oxygen atoms in total. The third-order valence-corrected chi connectivity index (χ3v) is 6.82. The van der Waals surface area contributed by atoms with E-state index in [1.807, 2.05) is 48.8 Å². The van der Waals surface area contributed by atoms with E-state index in [9.17, 15) is 9.59 Å². The van der Waals surface area contributed by atoms with Gasteiger partial charge in [-0.15, -0.1) is 0 Å². The predicted molar refractivity (Wildman–Crippen MR) is 126 cm³/mol. The van der Waals surface area contributed by atoms with Gasteiger partial charge < -0.3 is 19.9 Å². The summed E-state index contributed by atoms with van der Waals surface area (Å²) >= 11 is 6.44. The summed E-state index contributed by atoms with van der Waals surface area (Å²) in [5.74, 6) is 0.0339. The van der Waals surface area contributed by atoms with E-state index in [1.165, 1.54) is 0 Å². The molecule has 32 heavy (non-hydrogen) atoms. The number of carbonyl (C=O) groups excluding carboxylic acids is 2. The SMILES string of the molecule is CC(C)(C)OC(=O)N1CCC(N2CC(Nc3ccc(C(=O)N4CCCC4)c(Cl)c3)C2)CC1. The van der Waals surface area contributed by atoms with Crippen LogP contribution in [0.2, 0.25) is 5.02 Å². The zero-order valence-corrected chi connectivity index (χ0v) is 20.2. The van der Waals surface area contributed by atoms with Crippen molar-refractivity contribution in [1.29, 1.82) is 0 Å². The molecule has 0 aromatic heterocycles. The van der Waals surface area contributed by atoms with Crippen LogP contribution < -0.4 is 5.32 Å². The molecule has 4 rings (SSSR count). The van der Waals surface area contributed by atoms with Gasteiger partial charge in [-0.25, -0.2) is 4.79 Å². The number of carbonyl (C=O) groups is 2. The molecule has 3 saturated heterocycles. The van der Waals surface area contributed by atoms with Gasteiger partial charge in [0, 0.05) is 51.0 Å². The van der Waals surface area contributed by atoms with Gasteiger partial charge in [0.15, 0.2) is 0 Å². The van der Waals surface area contributed by atoms with Crippen LogP contribution in [0.5, 0.6) is 0 Å². The van der Waals surface area contributed by atoms with Gasteiger partial charge in [-0.3, -0.25) is 9.69 Å². The number of amides is 2. The highest BCUT2D eigenvalue weighted by Gasteiger charge is 2.35. The van der Waals surface area contributed by atoms with E-state index in [1.54, 1.807) is 0 Å². The van der Waals surface area contributed by atoms with Crippen LogP contribution in [0.15, 0.2) is 18.2 Å². The van der Waals surface area contributed by atoms with Gasteiger partial charge >= 0.3 is 6.09 Å². The topological polar surface area (TPSA) is 65.1 Å². The second-order valence-electron chi connectivity index (χ2n) is 10.2. The monoisotopic (exact) mass is 462 g/mol. The number of benzene rings is 1. The Morgan fingerprint density at radius 1 is 1.03 bits per heavy atom. The van der Waals surface area contributed by atoms with Gasteiger partial charge in [0.2, 0.25) is 0 Å². The van der Waals surface area contributed by atoms with Crippen LogP contribution in [-0.4, -0.2) is 83.7 Å². The summed E-state index contributed by atoms with van der Waals surface area (Å²) in [6.07, 6.45) is 3.89. The third kappa shape index (κ3) is 5.49. The molecule has 1 aromatic rings. The highest BCUT2D eigenvalue weighted by atomic mass is 35.5. The van der Waals surface area contributed by atoms with Gasteiger partial charge in [-0.1, -0.05) is 11.6 Å². The van der Waals surface area contributed by atoms with Crippen molar-refractivity contribution >= 4 is 29.3 Å². The fraction of sp³-hybridized carbons (Fsp3) is 0.667. The molecule has 3 aliphatic heterocycles. The summed E-state index contributed by atoms with van der Waals surface area (Å²) < 4.78 is 5.49. The predicted octanol–water partition coefficient (Wildman–Crippen LogP) is 4.07. The normalized spacial score (nSPS) is 20.9. The lowest BCUT2D eigenvalue weighted by Crippen LogP contribution is -2.60. The van der Waals surface area contributed by atoms with Crippen molar-refractivity contribution in [1.82, 2.24) is 14.7 Å². The van der Waals surface area contributed by atoms with E-state index >= 15 is 0 Å². The van der Waals surface area contributed by atoms with E-state index in [4.69, 9.17) is 16.3 Å². The van der Waals surface area contributed by atoms with Gasteiger partial charge in [-0.2, -0.15) is 0 Å². The van der Waals surface area contributed by atoms with Crippen LogP contribution in [0.4, 0.5) is 10.5 Å². The molecule has 1 N–H and O–H groups in total. The zero-order valence-electron chi connectivity index (χ0n) is 19.4. The number of hydrogen-bond acceptors (Lipinski definition) is 5. The summed E-state index contributed by atoms with van der Waals surface area (Å²) in [6.45, 7) is 10.8. The van der Waals surface area contributed by atoms with Crippen LogP contribution in [0.3, 0.4) is 0 Å². The molecule has 0 atom stereocenters. The number of anilines is 1. The lowest BCUT2D eigenvalue weighted by atomic mass is 9.97. The third-order valence-electron chi connectivity index (χ3n) is 6.51. The van der Waals surface area contributed by atoms with Crippen molar-refractivity contribution in [2.75, 3.05) is 44.6 Å². The van der Waals surface area contributed by atoms with E-state index in [2.05, 4.69) is 10.2 Å². The van der Waals surface area contributed by atoms with E-state index in [-0.39, 0.29) is 12.0 Å². The average Bonchev–Trinajstić information content (AvgIpc) is 3.24. The number of piperidine rings is 1. The fourth-order valence-corrected chi connectivity index (χ4v) is 5.01. The van der Waals surface area contributed by atoms with Gasteiger partial charge in [0.1, 0.15) is 5.60 Å². The molecule has 0 spiro atoms. The van der Waals surface area contributed by atoms with Crippen molar-refractivity contribution in [3.8, 4) is 0 Å². The first-order chi connectivity index (χ1) is 15.2. The molecule has 3 fully saturated rings. The standard InChI is InChI=1S/C24H35ClN4O3/c1-24(2,3)32-23(31)28-12-8-19(9-13-28)29-15-18(16-29)26-17-6-7-20(21(25)14-17)22(30)27-10-4-5-11-27/h6-7,14,18-19,26H,4-5,8-13,15-16H2,1-3H3. The second kappa shape index (κ2) is 9.48. The van der Waals surface area contributed by atoms with Crippen molar-refractivity contribution in [3.63, 3.8) is 0 Å². The molecule has 0 unspecified atom stereocenters. The molecule has 0 saturated carbocycles. The number of hydrogen-bond donors (Lipinski definition) is 1. The van der Waals surface area contributed by atoms with Crippen molar-refractivity contribution in [3.05, 3.63) is 28.8 Å². The number of nitrogens with one attached hydrogen (secondary N) is 1. The van der Waals surface area contributed by atoms with Crippen molar-refractivity contribution in [2.24, 2.45) is 0 Å². The maximum atomic E-state index is 12.6. The quantitative estimate of drug-likeness (QED) is 0.730. The first kappa shape index (κ1) is 23.2. The van der Waals surface area contributed by atoms with Gasteiger partial charge in [-0.05, 0) is 64.7 Å². The maximum absolute atomic E-state index is 12.6. The minimum Gasteiger partial charge on any atom is -0.444 e. The summed E-state index contributed by atoms with van der Waals surface area (Å²) in [4.78, 5) is 31.0. The second-order valence-corrected chi connectivity index (χ2v) is 10.6. The molecule has 3 aliphatic rings. The molecule has 0 aliphatic carbocycles. The largest absolute Gasteiger partial charge is 0.444 e. The zero-order chi connectivity index (χ0) is 22.9. The lowest BCUT2D eigenvalue weighted by Gasteiger charge is -2.47. The molecule has 176 valence electrons. The minimum atomic E-state index is -0.452. The molecule has 0 bridgehead atoms. The summed E-state index contributed by atoms with van der Waals surface area (Å²) in [6, 6.07) is 6.55. The van der Waals surface area contributed by atoms with Gasteiger partial charge in [0.05, 0.1) is 16.6 Å². The fourth-order valence-electron chi connectivity index (χ4n) is 4.75. The number of ether oxygens (including phenoxy) is 1. The summed E-state index contributed by atoms with van der Waals surface area (Å²) in [5, 5.41) is 4.05. The molecule has 3 heterocycles. The van der Waals surface area contributed by atoms with E-state index < -0.39 is 5.60 Å². The van der Waals surface area contributed by atoms with Crippen molar-refractivity contribution < 1.29 is 14.3 Å². The average molecular weight is 463 g/mol. The molecular weight excluding hydrogens is 428 g/mol. The summed E-state index contributed by atoms with van der Waals surface area (Å²) in [5.41, 5.74) is 1.09. The van der Waals surface area contributed by atoms with Crippen LogP contribution in [0.25, 0.3) is 0 Å². The minimum absolute atomic E-state index is 0.0339. The Morgan fingerprint density at radius 3 is 2.28 bits per heavy atom. The first-order valence-corrected chi connectivity index (χ1v) is 12.1. The number of likely N-dealkylation sites (tertiary alicyclic amines) is 3. The van der Waals surface area contributed by atoms with E-state index in [0.29, 0.717) is 22.7 Å². The highest BCUT2D eigenvalue weighted by molar-refractivity contribution is 6.34. The Balaban J connectivity index is 1.21. The van der Waals surface area contributed by atoms with Crippen LogP contribution in [-0.2, 0) is 4.74 Å². The Hall–Kier alpha value is -1.99. The molecular formula is C24H35ClN4O3. The van der Waals surface area contributed by atoms with Crippen molar-refractivity contribution in [2.45, 2.75) is 64.1 Å². The first-order valence-electron chi connectivity index (χ1n) is 11.8. The molecule has 1 aromatic carbocycles. The van der Waals surface area contributed by atoms with Crippen LogP contribution in [0.1, 0.15) is 56.8 Å². The lowest BCUT2D eigenvalue weighted by molar-refractivity contribution is 0.00749. The number of rotatable bonds is 4. The Kier molecular flexibility index (Phi) is 6.86. The van der Waals surface area contributed by atoms with E-state index in [0.717, 1.165) is 70.6 Å². The molecule has 8 heteroatoms. The number of halogens is 1. The highest BCUT2D eigenvalue weighted by Crippen LogP contribution is 2.28. The van der Waals surface area contributed by atoms with Gasteiger partial charge in [0.25, 0.3) is 5.91 Å². The van der Waals surface area contributed by atoms with Crippen LogP contribution >= 0.6 is 11.6 Å². The maximum Gasteiger partial charge on any atom is 0.410 e. The Labute approximate surface area is 196 Å². The summed E-state index contributed by atoms with van der Waals surface area (Å²) in [7, 11) is 0. The smallest absolute Gasteiger partial charge is 0.410 e. The van der Waals surface area contributed by atoms with Crippen LogP contribution in [0, 0.1) is 0 Å². The molecule has 2 amide bonds.